The molecule has 1 amide bonds. The number of hydrogen-bond acceptors (Lipinski definition) is 4. The van der Waals surface area contributed by atoms with Gasteiger partial charge in [0.1, 0.15) is 5.75 Å². The highest BCUT2D eigenvalue weighted by Crippen LogP contribution is 2.23. The first-order valence-corrected chi connectivity index (χ1v) is 8.53. The normalized spacial score (nSPS) is 10.9. The fourth-order valence-corrected chi connectivity index (χ4v) is 2.99. The van der Waals surface area contributed by atoms with E-state index in [1.807, 2.05) is 32.0 Å². The van der Waals surface area contributed by atoms with E-state index >= 15 is 0 Å². The monoisotopic (exact) mass is 358 g/mol. The van der Waals surface area contributed by atoms with Crippen molar-refractivity contribution in [3.63, 3.8) is 0 Å². The molecule has 134 valence electrons. The molecule has 0 atom stereocenters. The van der Waals surface area contributed by atoms with E-state index in [1.54, 1.807) is 36.7 Å². The highest BCUT2D eigenvalue weighted by molar-refractivity contribution is 6.06. The average molecular weight is 358 g/mol. The van der Waals surface area contributed by atoms with Gasteiger partial charge in [0, 0.05) is 27.7 Å². The molecule has 4 rings (SSSR count). The lowest BCUT2D eigenvalue weighted by Gasteiger charge is -2.06. The number of carbonyl (C=O) groups is 1. The molecule has 0 aliphatic heterocycles. The number of phenols is 1. The van der Waals surface area contributed by atoms with E-state index in [9.17, 15) is 9.90 Å². The van der Waals surface area contributed by atoms with Crippen LogP contribution in [0.4, 0.5) is 5.69 Å². The largest absolute Gasteiger partial charge is 0.508 e. The molecule has 4 aromatic rings. The van der Waals surface area contributed by atoms with Gasteiger partial charge in [0.25, 0.3) is 5.91 Å². The van der Waals surface area contributed by atoms with Crippen LogP contribution in [0.15, 0.2) is 54.9 Å². The Morgan fingerprint density at radius 2 is 1.85 bits per heavy atom. The number of aromatic amines is 1. The summed E-state index contributed by atoms with van der Waals surface area (Å²) in [6.45, 7) is 4.05. The topological polar surface area (TPSA) is 90.9 Å². The van der Waals surface area contributed by atoms with E-state index in [-0.39, 0.29) is 11.7 Å². The molecular formula is C21H18N4O2. The van der Waals surface area contributed by atoms with Crippen molar-refractivity contribution < 1.29 is 9.90 Å². The predicted molar refractivity (Wildman–Crippen MR) is 105 cm³/mol. The molecule has 27 heavy (non-hydrogen) atoms. The minimum absolute atomic E-state index is 0.152. The van der Waals surface area contributed by atoms with Crippen molar-refractivity contribution in [2.75, 3.05) is 5.32 Å². The molecule has 0 radical (unpaired) electrons. The van der Waals surface area contributed by atoms with Crippen molar-refractivity contribution in [3.8, 4) is 17.1 Å². The molecular weight excluding hydrogens is 340 g/mol. The molecule has 0 unspecified atom stereocenters. The van der Waals surface area contributed by atoms with Crippen LogP contribution < -0.4 is 5.32 Å². The van der Waals surface area contributed by atoms with Crippen LogP contribution in [0.2, 0.25) is 0 Å². The molecule has 6 nitrogen and oxygen atoms in total. The van der Waals surface area contributed by atoms with E-state index in [2.05, 4.69) is 20.3 Å². The Hall–Kier alpha value is -3.67. The number of carbonyl (C=O) groups excluding carboxylic acids is 1. The lowest BCUT2D eigenvalue weighted by atomic mass is 10.1. The summed E-state index contributed by atoms with van der Waals surface area (Å²) in [6.07, 6.45) is 3.10. The maximum atomic E-state index is 12.6. The second-order valence-electron chi connectivity index (χ2n) is 6.44. The Balaban J connectivity index is 1.55. The van der Waals surface area contributed by atoms with Gasteiger partial charge in [-0.05, 0) is 49.7 Å². The van der Waals surface area contributed by atoms with Crippen molar-refractivity contribution in [2.45, 2.75) is 13.8 Å². The molecule has 6 heteroatoms. The Morgan fingerprint density at radius 1 is 1.07 bits per heavy atom. The van der Waals surface area contributed by atoms with Crippen LogP contribution in [0.5, 0.6) is 5.75 Å². The maximum absolute atomic E-state index is 12.6. The third kappa shape index (κ3) is 3.25. The zero-order valence-electron chi connectivity index (χ0n) is 14.9. The first kappa shape index (κ1) is 16.8. The molecule has 0 saturated heterocycles. The molecule has 3 N–H and O–H groups in total. The zero-order valence-corrected chi connectivity index (χ0v) is 14.9. The number of anilines is 1. The van der Waals surface area contributed by atoms with Crippen LogP contribution in [0.1, 0.15) is 21.6 Å². The minimum Gasteiger partial charge on any atom is -0.508 e. The molecule has 0 saturated carbocycles. The third-order valence-electron chi connectivity index (χ3n) is 4.58. The second-order valence-corrected chi connectivity index (χ2v) is 6.44. The third-order valence-corrected chi connectivity index (χ3v) is 4.58. The van der Waals surface area contributed by atoms with Crippen molar-refractivity contribution in [1.82, 2.24) is 15.0 Å². The van der Waals surface area contributed by atoms with Crippen molar-refractivity contribution in [3.05, 3.63) is 71.7 Å². The lowest BCUT2D eigenvalue weighted by Crippen LogP contribution is -2.12. The Labute approximate surface area is 155 Å². The molecule has 0 bridgehead atoms. The molecule has 0 fully saturated rings. The fraction of sp³-hybridized carbons (Fsp3) is 0.0952. The van der Waals surface area contributed by atoms with Crippen LogP contribution in [-0.2, 0) is 0 Å². The number of nitrogens with one attached hydrogen (secondary N) is 2. The minimum atomic E-state index is -0.219. The number of phenolic OH excluding ortho intramolecular Hbond substituents is 1. The Morgan fingerprint density at radius 3 is 2.59 bits per heavy atom. The van der Waals surface area contributed by atoms with E-state index < -0.39 is 0 Å². The number of rotatable bonds is 3. The van der Waals surface area contributed by atoms with Gasteiger partial charge in [0.15, 0.2) is 5.82 Å². The average Bonchev–Trinajstić information content (AvgIpc) is 2.96. The number of nitrogens with zero attached hydrogens (tertiary/aromatic N) is 2. The summed E-state index contributed by atoms with van der Waals surface area (Å²) in [4.78, 5) is 24.4. The van der Waals surface area contributed by atoms with E-state index in [0.29, 0.717) is 22.6 Å². The van der Waals surface area contributed by atoms with Crippen molar-refractivity contribution >= 4 is 22.5 Å². The van der Waals surface area contributed by atoms with Gasteiger partial charge in [0.05, 0.1) is 18.1 Å². The van der Waals surface area contributed by atoms with Gasteiger partial charge in [-0.2, -0.15) is 0 Å². The number of aromatic nitrogens is 3. The van der Waals surface area contributed by atoms with Crippen molar-refractivity contribution in [1.29, 1.82) is 0 Å². The summed E-state index contributed by atoms with van der Waals surface area (Å²) < 4.78 is 0. The van der Waals surface area contributed by atoms with Gasteiger partial charge in [-0.1, -0.05) is 12.1 Å². The lowest BCUT2D eigenvalue weighted by molar-refractivity contribution is 0.102. The number of fused-ring (bicyclic) bond motifs is 1. The standard InChI is InChI=1S/C21H18N4O2/c1-12-13(2)24-19-7-6-15(9-18(12)19)21(27)25-16-10-22-20(23-11-16)14-4-3-5-17(26)8-14/h3-11,24,26H,1-2H3,(H,25,27). The van der Waals surface area contributed by atoms with Gasteiger partial charge < -0.3 is 15.4 Å². The summed E-state index contributed by atoms with van der Waals surface area (Å²) in [6, 6.07) is 12.3. The van der Waals surface area contributed by atoms with Crippen LogP contribution in [0.3, 0.4) is 0 Å². The van der Waals surface area contributed by atoms with Crippen LogP contribution in [0.25, 0.3) is 22.3 Å². The predicted octanol–water partition coefficient (Wildman–Crippen LogP) is 4.20. The summed E-state index contributed by atoms with van der Waals surface area (Å²) >= 11 is 0. The molecule has 0 spiro atoms. The van der Waals surface area contributed by atoms with E-state index in [0.717, 1.165) is 22.2 Å². The molecule has 2 aromatic carbocycles. The molecule has 2 heterocycles. The summed E-state index contributed by atoms with van der Waals surface area (Å²) in [5.41, 5.74) is 5.03. The van der Waals surface area contributed by atoms with E-state index in [1.165, 1.54) is 0 Å². The van der Waals surface area contributed by atoms with Crippen LogP contribution in [0, 0.1) is 13.8 Å². The smallest absolute Gasteiger partial charge is 0.255 e. The quantitative estimate of drug-likeness (QED) is 0.512. The highest BCUT2D eigenvalue weighted by Gasteiger charge is 2.11. The van der Waals surface area contributed by atoms with Crippen LogP contribution in [-0.4, -0.2) is 26.0 Å². The maximum Gasteiger partial charge on any atom is 0.255 e. The summed E-state index contributed by atoms with van der Waals surface area (Å²) in [7, 11) is 0. The first-order valence-electron chi connectivity index (χ1n) is 8.53. The van der Waals surface area contributed by atoms with Crippen molar-refractivity contribution in [2.24, 2.45) is 0 Å². The van der Waals surface area contributed by atoms with Gasteiger partial charge >= 0.3 is 0 Å². The Kier molecular flexibility index (Phi) is 4.08. The highest BCUT2D eigenvalue weighted by atomic mass is 16.3. The molecule has 2 aromatic heterocycles. The number of benzene rings is 2. The van der Waals surface area contributed by atoms with Crippen LogP contribution >= 0.6 is 0 Å². The number of amides is 1. The summed E-state index contributed by atoms with van der Waals surface area (Å²) in [5.74, 6) is 0.409. The van der Waals surface area contributed by atoms with Gasteiger partial charge in [-0.3, -0.25) is 4.79 Å². The zero-order chi connectivity index (χ0) is 19.0. The van der Waals surface area contributed by atoms with Gasteiger partial charge in [-0.25, -0.2) is 9.97 Å². The Bertz CT molecular complexity index is 1150. The summed E-state index contributed by atoms with van der Waals surface area (Å²) in [5, 5.41) is 13.4. The molecule has 0 aliphatic rings. The number of aryl methyl sites for hydroxylation is 2. The number of aromatic hydroxyl groups is 1. The SMILES string of the molecule is Cc1[nH]c2ccc(C(=O)Nc3cnc(-c4cccc(O)c4)nc3)cc2c1C. The first-order chi connectivity index (χ1) is 13.0. The van der Waals surface area contributed by atoms with Gasteiger partial charge in [-0.15, -0.1) is 0 Å². The fourth-order valence-electron chi connectivity index (χ4n) is 2.99. The second kappa shape index (κ2) is 6.57. The van der Waals surface area contributed by atoms with Gasteiger partial charge in [0.2, 0.25) is 0 Å². The molecule has 0 aliphatic carbocycles. The number of hydrogen-bond donors (Lipinski definition) is 3. The van der Waals surface area contributed by atoms with E-state index in [4.69, 9.17) is 0 Å². The number of H-pyrrole nitrogens is 1.